The summed E-state index contributed by atoms with van der Waals surface area (Å²) >= 11 is 25.0. The Kier molecular flexibility index (Phi) is 8.45. The van der Waals surface area contributed by atoms with Crippen LogP contribution in [0.1, 0.15) is 75.9 Å². The van der Waals surface area contributed by atoms with Crippen LogP contribution in [0.25, 0.3) is 6.08 Å². The fourth-order valence-corrected chi connectivity index (χ4v) is 5.53. The summed E-state index contributed by atoms with van der Waals surface area (Å²) in [6.45, 7) is 6.50. The van der Waals surface area contributed by atoms with Crippen molar-refractivity contribution in [3.63, 3.8) is 0 Å². The van der Waals surface area contributed by atoms with Gasteiger partial charge in [0.25, 0.3) is 0 Å². The van der Waals surface area contributed by atoms with E-state index in [1.807, 2.05) is 41.2 Å². The van der Waals surface area contributed by atoms with Gasteiger partial charge >= 0.3 is 0 Å². The molecule has 190 valence electrons. The predicted octanol–water partition coefficient (Wildman–Crippen LogP) is 8.87. The molecule has 0 amide bonds. The van der Waals surface area contributed by atoms with Crippen molar-refractivity contribution < 1.29 is 0 Å². The standard InChI is InChI=1S/C27H29Cl4N5/c1-26(2,3)24(12-9-18-7-10-20(28)15-22(18)30)36-25(33-34-35-36)27(13-5-4-6-14-27)32-17-19-8-11-21(29)16-23(19)31/h7-12,15-17,24H,4-6,13-14H2,1-3H3. The van der Waals surface area contributed by atoms with Gasteiger partial charge in [-0.15, -0.1) is 5.10 Å². The average Bonchev–Trinajstić information content (AvgIpc) is 3.30. The van der Waals surface area contributed by atoms with Crippen molar-refractivity contribution in [1.29, 1.82) is 0 Å². The molecule has 1 aromatic heterocycles. The van der Waals surface area contributed by atoms with Crippen LogP contribution in [0.4, 0.5) is 0 Å². The molecule has 3 aromatic rings. The van der Waals surface area contributed by atoms with Crippen LogP contribution < -0.4 is 0 Å². The minimum atomic E-state index is -0.542. The van der Waals surface area contributed by atoms with Crippen molar-refractivity contribution in [3.05, 3.63) is 79.5 Å². The summed E-state index contributed by atoms with van der Waals surface area (Å²) in [5, 5.41) is 15.5. The Hall–Kier alpha value is -1.92. The minimum Gasteiger partial charge on any atom is -0.278 e. The number of tetrazole rings is 1. The third kappa shape index (κ3) is 6.13. The van der Waals surface area contributed by atoms with Crippen molar-refractivity contribution in [1.82, 2.24) is 20.2 Å². The first-order chi connectivity index (χ1) is 17.1. The quantitative estimate of drug-likeness (QED) is 0.281. The van der Waals surface area contributed by atoms with Gasteiger partial charge in [-0.3, -0.25) is 4.99 Å². The Labute approximate surface area is 232 Å². The molecule has 0 bridgehead atoms. The summed E-state index contributed by atoms with van der Waals surface area (Å²) in [5.74, 6) is 0.760. The lowest BCUT2D eigenvalue weighted by atomic mass is 9.80. The van der Waals surface area contributed by atoms with E-state index in [2.05, 4.69) is 42.4 Å². The smallest absolute Gasteiger partial charge is 0.179 e. The Bertz CT molecular complexity index is 1270. The molecule has 5 nitrogen and oxygen atoms in total. The van der Waals surface area contributed by atoms with Crippen molar-refractivity contribution >= 4 is 58.7 Å². The summed E-state index contributed by atoms with van der Waals surface area (Å²) < 4.78 is 1.92. The lowest BCUT2D eigenvalue weighted by molar-refractivity contribution is 0.228. The van der Waals surface area contributed by atoms with E-state index in [1.54, 1.807) is 12.1 Å². The van der Waals surface area contributed by atoms with E-state index in [-0.39, 0.29) is 11.5 Å². The summed E-state index contributed by atoms with van der Waals surface area (Å²) in [5.41, 5.74) is 0.973. The van der Waals surface area contributed by atoms with Crippen LogP contribution in [0, 0.1) is 5.41 Å². The number of aliphatic imine (C=N–C) groups is 1. The van der Waals surface area contributed by atoms with Gasteiger partial charge in [0.2, 0.25) is 0 Å². The second-order valence-corrected chi connectivity index (χ2v) is 12.0. The molecular weight excluding hydrogens is 536 g/mol. The van der Waals surface area contributed by atoms with Crippen LogP contribution in [0.3, 0.4) is 0 Å². The van der Waals surface area contributed by atoms with Crippen LogP contribution in [0.15, 0.2) is 47.5 Å². The third-order valence-corrected chi connectivity index (χ3v) is 7.70. The zero-order chi connectivity index (χ0) is 25.9. The molecule has 1 aliphatic carbocycles. The Morgan fingerprint density at radius 2 is 1.53 bits per heavy atom. The van der Waals surface area contributed by atoms with Gasteiger partial charge < -0.3 is 0 Å². The van der Waals surface area contributed by atoms with Crippen LogP contribution in [0.2, 0.25) is 20.1 Å². The van der Waals surface area contributed by atoms with Crippen LogP contribution in [-0.2, 0) is 5.54 Å². The summed E-state index contributed by atoms with van der Waals surface area (Å²) in [6.07, 6.45) is 10.9. The summed E-state index contributed by atoms with van der Waals surface area (Å²) in [4.78, 5) is 5.11. The first kappa shape index (κ1) is 27.1. The normalized spacial score (nSPS) is 17.2. The highest BCUT2D eigenvalue weighted by Crippen LogP contribution is 2.42. The number of halogens is 4. The Morgan fingerprint density at radius 1 is 0.917 bits per heavy atom. The topological polar surface area (TPSA) is 56.0 Å². The molecule has 0 spiro atoms. The maximum atomic E-state index is 6.43. The van der Waals surface area contributed by atoms with Gasteiger partial charge in [-0.25, -0.2) is 4.68 Å². The molecule has 0 aliphatic heterocycles. The molecule has 4 rings (SSSR count). The average molecular weight is 565 g/mol. The molecule has 1 aliphatic rings. The van der Waals surface area contributed by atoms with Crippen LogP contribution in [0.5, 0.6) is 0 Å². The molecule has 0 saturated heterocycles. The van der Waals surface area contributed by atoms with Gasteiger partial charge in [0.1, 0.15) is 5.54 Å². The second-order valence-electron chi connectivity index (χ2n) is 10.3. The molecule has 9 heteroatoms. The van der Waals surface area contributed by atoms with Gasteiger partial charge in [0, 0.05) is 26.8 Å². The van der Waals surface area contributed by atoms with Crippen molar-refractivity contribution in [2.45, 2.75) is 64.5 Å². The lowest BCUT2D eigenvalue weighted by Crippen LogP contribution is -2.35. The van der Waals surface area contributed by atoms with Crippen LogP contribution >= 0.6 is 46.4 Å². The molecule has 1 saturated carbocycles. The molecule has 1 unspecified atom stereocenters. The maximum absolute atomic E-state index is 6.43. The minimum absolute atomic E-state index is 0.137. The third-order valence-electron chi connectivity index (χ3n) is 6.57. The first-order valence-corrected chi connectivity index (χ1v) is 13.5. The van der Waals surface area contributed by atoms with Gasteiger partial charge in [0.15, 0.2) is 5.82 Å². The van der Waals surface area contributed by atoms with Gasteiger partial charge in [-0.05, 0) is 58.5 Å². The van der Waals surface area contributed by atoms with Gasteiger partial charge in [0.05, 0.1) is 11.1 Å². The van der Waals surface area contributed by atoms with Crippen molar-refractivity contribution in [3.8, 4) is 0 Å². The Morgan fingerprint density at radius 3 is 2.11 bits per heavy atom. The van der Waals surface area contributed by atoms with Crippen molar-refractivity contribution in [2.75, 3.05) is 0 Å². The van der Waals surface area contributed by atoms with Crippen LogP contribution in [-0.4, -0.2) is 26.4 Å². The fourth-order valence-electron chi connectivity index (χ4n) is 4.60. The van der Waals surface area contributed by atoms with E-state index in [0.717, 1.165) is 49.1 Å². The first-order valence-electron chi connectivity index (χ1n) is 12.0. The second kappa shape index (κ2) is 11.2. The van der Waals surface area contributed by atoms with E-state index < -0.39 is 5.54 Å². The molecule has 1 fully saturated rings. The van der Waals surface area contributed by atoms with Gasteiger partial charge in [-0.2, -0.15) is 0 Å². The lowest BCUT2D eigenvalue weighted by Gasteiger charge is -2.35. The summed E-state index contributed by atoms with van der Waals surface area (Å²) in [7, 11) is 0. The monoisotopic (exact) mass is 563 g/mol. The molecule has 0 radical (unpaired) electrons. The number of allylic oxidation sites excluding steroid dienone is 1. The van der Waals surface area contributed by atoms with E-state index in [0.29, 0.717) is 20.1 Å². The van der Waals surface area contributed by atoms with E-state index in [9.17, 15) is 0 Å². The zero-order valence-corrected chi connectivity index (χ0v) is 23.6. The highest BCUT2D eigenvalue weighted by Gasteiger charge is 2.41. The number of hydrogen-bond acceptors (Lipinski definition) is 4. The molecule has 1 atom stereocenters. The predicted molar refractivity (Wildman–Crippen MR) is 151 cm³/mol. The molecular formula is C27H29Cl4N5. The number of hydrogen-bond donors (Lipinski definition) is 0. The Balaban J connectivity index is 1.75. The number of benzene rings is 2. The SMILES string of the molecule is CC(C)(C)C(C=Cc1ccc(Cl)cc1Cl)n1nnnc1C1(N=Cc2ccc(Cl)cc2Cl)CCCCC1. The van der Waals surface area contributed by atoms with Gasteiger partial charge in [-0.1, -0.05) is 111 Å². The highest BCUT2D eigenvalue weighted by atomic mass is 35.5. The molecule has 2 aromatic carbocycles. The highest BCUT2D eigenvalue weighted by molar-refractivity contribution is 6.36. The zero-order valence-electron chi connectivity index (χ0n) is 20.6. The van der Waals surface area contributed by atoms with E-state index in [1.165, 1.54) is 0 Å². The van der Waals surface area contributed by atoms with E-state index >= 15 is 0 Å². The molecule has 0 N–H and O–H groups in total. The number of nitrogens with zero attached hydrogens (tertiary/aromatic N) is 5. The molecule has 1 heterocycles. The summed E-state index contributed by atoms with van der Waals surface area (Å²) in [6, 6.07) is 10.8. The fraction of sp³-hybridized carbons (Fsp3) is 0.407. The van der Waals surface area contributed by atoms with Crippen molar-refractivity contribution in [2.24, 2.45) is 10.4 Å². The number of aromatic nitrogens is 4. The number of rotatable bonds is 6. The maximum Gasteiger partial charge on any atom is 0.179 e. The van der Waals surface area contributed by atoms with E-state index in [4.69, 9.17) is 51.4 Å². The largest absolute Gasteiger partial charge is 0.278 e. The molecule has 36 heavy (non-hydrogen) atoms.